The van der Waals surface area contributed by atoms with E-state index in [1.807, 2.05) is 48.6 Å². The molecule has 0 spiro atoms. The number of aliphatic imine (C=N–C) groups is 3. The van der Waals surface area contributed by atoms with E-state index in [0.29, 0.717) is 0 Å². The molecular formula is C19H14N4O2. The van der Waals surface area contributed by atoms with E-state index in [2.05, 4.69) is 20.3 Å². The number of allylic oxidation sites excluding steroid dienone is 8. The minimum absolute atomic E-state index is 0.185. The van der Waals surface area contributed by atoms with Crippen LogP contribution in [-0.2, 0) is 9.59 Å². The molecule has 1 amide bonds. The largest absolute Gasteiger partial charge is 0.343 e. The van der Waals surface area contributed by atoms with Crippen LogP contribution >= 0.6 is 0 Å². The van der Waals surface area contributed by atoms with Gasteiger partial charge in [-0.3, -0.25) is 14.6 Å². The Balaban J connectivity index is 1.46. The van der Waals surface area contributed by atoms with Crippen molar-refractivity contribution in [2.45, 2.75) is 12.5 Å². The molecule has 1 fully saturated rings. The average molecular weight is 330 g/mol. The maximum absolute atomic E-state index is 11.3. The first-order chi connectivity index (χ1) is 12.2. The predicted octanol–water partition coefficient (Wildman–Crippen LogP) is 1.76. The fourth-order valence-corrected chi connectivity index (χ4v) is 2.72. The molecular weight excluding hydrogens is 316 g/mol. The highest BCUT2D eigenvalue weighted by Crippen LogP contribution is 2.17. The molecule has 4 rings (SSSR count). The Bertz CT molecular complexity index is 906. The lowest BCUT2D eigenvalue weighted by molar-refractivity contribution is -0.135. The van der Waals surface area contributed by atoms with Gasteiger partial charge in [0.15, 0.2) is 0 Å². The number of ketones is 1. The summed E-state index contributed by atoms with van der Waals surface area (Å²) in [5.41, 5.74) is 4.03. The molecule has 1 unspecified atom stereocenters. The number of carbonyl (C=O) groups excluding carboxylic acids is 2. The molecule has 1 atom stereocenters. The molecule has 0 aromatic heterocycles. The molecule has 4 heterocycles. The number of nitrogens with zero attached hydrogens (tertiary/aromatic N) is 3. The first kappa shape index (κ1) is 15.1. The zero-order valence-corrected chi connectivity index (χ0v) is 13.2. The topological polar surface area (TPSA) is 83.2 Å². The van der Waals surface area contributed by atoms with Crippen LogP contribution in [0.15, 0.2) is 86.8 Å². The van der Waals surface area contributed by atoms with E-state index in [4.69, 9.17) is 0 Å². The second kappa shape index (κ2) is 6.24. The third-order valence-corrected chi connectivity index (χ3v) is 3.88. The van der Waals surface area contributed by atoms with Gasteiger partial charge in [0.25, 0.3) is 5.91 Å². The van der Waals surface area contributed by atoms with Gasteiger partial charge in [0.2, 0.25) is 5.78 Å². The smallest absolute Gasteiger partial charge is 0.287 e. The quantitative estimate of drug-likeness (QED) is 0.800. The summed E-state index contributed by atoms with van der Waals surface area (Å²) in [5.74, 6) is -0.910. The predicted molar refractivity (Wildman–Crippen MR) is 96.6 cm³/mol. The zero-order valence-electron chi connectivity index (χ0n) is 13.2. The van der Waals surface area contributed by atoms with Crippen molar-refractivity contribution in [3.8, 4) is 0 Å². The normalized spacial score (nSPS) is 28.8. The highest BCUT2D eigenvalue weighted by Gasteiger charge is 2.28. The second-order valence-electron chi connectivity index (χ2n) is 5.81. The first-order valence-corrected chi connectivity index (χ1v) is 7.89. The van der Waals surface area contributed by atoms with E-state index in [1.54, 1.807) is 12.3 Å². The third kappa shape index (κ3) is 3.42. The number of nitrogens with one attached hydrogen (secondary N) is 1. The molecule has 4 aliphatic rings. The molecule has 0 radical (unpaired) electrons. The first-order valence-electron chi connectivity index (χ1n) is 7.89. The van der Waals surface area contributed by atoms with E-state index in [0.717, 1.165) is 28.5 Å². The van der Waals surface area contributed by atoms with Crippen LogP contribution in [0.25, 0.3) is 0 Å². The van der Waals surface area contributed by atoms with Crippen molar-refractivity contribution in [3.05, 3.63) is 71.8 Å². The summed E-state index contributed by atoms with van der Waals surface area (Å²) in [6.07, 6.45) is 18.9. The standard InChI is InChI=1S/C19H14N4O2/c24-18-11-17(23-19(18)25)10-16-6-5-15(22-16)9-14-4-3-13(21-14)8-12-2-1-7-20-12/h1-10,17H,11H2,(H,23,25). The number of hydrogen-bond acceptors (Lipinski definition) is 5. The summed E-state index contributed by atoms with van der Waals surface area (Å²) in [6, 6.07) is -0.280. The van der Waals surface area contributed by atoms with E-state index in [-0.39, 0.29) is 18.2 Å². The fourth-order valence-electron chi connectivity index (χ4n) is 2.72. The molecule has 122 valence electrons. The summed E-state index contributed by atoms with van der Waals surface area (Å²) < 4.78 is 0. The summed E-state index contributed by atoms with van der Waals surface area (Å²) >= 11 is 0. The number of rotatable bonds is 3. The van der Waals surface area contributed by atoms with Crippen LogP contribution in [-0.4, -0.2) is 35.4 Å². The van der Waals surface area contributed by atoms with Gasteiger partial charge in [0.1, 0.15) is 0 Å². The number of hydrogen-bond donors (Lipinski definition) is 1. The summed E-state index contributed by atoms with van der Waals surface area (Å²) in [7, 11) is 0. The molecule has 1 saturated heterocycles. The third-order valence-electron chi connectivity index (χ3n) is 3.88. The minimum Gasteiger partial charge on any atom is -0.343 e. The SMILES string of the molecule is O=C1CC(C=C2C=CC(C=C3C=CC(C=C4C=CC=N4)=N3)=N2)NC1=O. The molecule has 0 aliphatic carbocycles. The maximum Gasteiger partial charge on any atom is 0.287 e. The van der Waals surface area contributed by atoms with Gasteiger partial charge in [-0.2, -0.15) is 0 Å². The average Bonchev–Trinajstić information content (AvgIpc) is 3.34. The molecule has 6 heteroatoms. The molecule has 6 nitrogen and oxygen atoms in total. The van der Waals surface area contributed by atoms with Gasteiger partial charge in [0, 0.05) is 12.6 Å². The Morgan fingerprint density at radius 1 is 0.920 bits per heavy atom. The van der Waals surface area contributed by atoms with Gasteiger partial charge in [-0.1, -0.05) is 0 Å². The van der Waals surface area contributed by atoms with Gasteiger partial charge in [-0.15, -0.1) is 0 Å². The van der Waals surface area contributed by atoms with Crippen molar-refractivity contribution < 1.29 is 9.59 Å². The van der Waals surface area contributed by atoms with Gasteiger partial charge in [-0.25, -0.2) is 9.98 Å². The molecule has 4 aliphatic heterocycles. The van der Waals surface area contributed by atoms with Gasteiger partial charge < -0.3 is 5.32 Å². The number of amides is 1. The van der Waals surface area contributed by atoms with Crippen molar-refractivity contribution in [3.63, 3.8) is 0 Å². The summed E-state index contributed by atoms with van der Waals surface area (Å²) in [5, 5.41) is 2.62. The molecule has 0 aromatic rings. The van der Waals surface area contributed by atoms with Crippen LogP contribution in [0, 0.1) is 0 Å². The van der Waals surface area contributed by atoms with E-state index in [1.165, 1.54) is 0 Å². The summed E-state index contributed by atoms with van der Waals surface area (Å²) in [4.78, 5) is 35.6. The Morgan fingerprint density at radius 2 is 1.64 bits per heavy atom. The Kier molecular flexibility index (Phi) is 3.78. The van der Waals surface area contributed by atoms with Gasteiger partial charge in [0.05, 0.1) is 34.6 Å². The molecule has 0 aromatic carbocycles. The van der Waals surface area contributed by atoms with Gasteiger partial charge >= 0.3 is 0 Å². The highest BCUT2D eigenvalue weighted by molar-refractivity contribution is 6.38. The molecule has 1 N–H and O–H groups in total. The Morgan fingerprint density at radius 3 is 2.32 bits per heavy atom. The molecule has 25 heavy (non-hydrogen) atoms. The van der Waals surface area contributed by atoms with Gasteiger partial charge in [-0.05, 0) is 54.7 Å². The van der Waals surface area contributed by atoms with Crippen molar-refractivity contribution >= 4 is 29.3 Å². The van der Waals surface area contributed by atoms with Crippen LogP contribution in [0.4, 0.5) is 0 Å². The van der Waals surface area contributed by atoms with Crippen LogP contribution in [0.3, 0.4) is 0 Å². The van der Waals surface area contributed by atoms with Crippen molar-refractivity contribution in [2.24, 2.45) is 15.0 Å². The molecule has 0 saturated carbocycles. The van der Waals surface area contributed by atoms with Crippen LogP contribution in [0.1, 0.15) is 6.42 Å². The lowest BCUT2D eigenvalue weighted by Crippen LogP contribution is -2.24. The minimum atomic E-state index is -0.524. The molecule has 0 bridgehead atoms. The maximum atomic E-state index is 11.3. The Labute approximate surface area is 144 Å². The van der Waals surface area contributed by atoms with Crippen LogP contribution in [0.5, 0.6) is 0 Å². The second-order valence-corrected chi connectivity index (χ2v) is 5.81. The van der Waals surface area contributed by atoms with E-state index >= 15 is 0 Å². The zero-order chi connectivity index (χ0) is 17.2. The number of Topliss-reactive ketones (excluding diaryl/α,β-unsaturated/α-hetero) is 1. The monoisotopic (exact) mass is 330 g/mol. The van der Waals surface area contributed by atoms with Crippen LogP contribution in [0.2, 0.25) is 0 Å². The van der Waals surface area contributed by atoms with Crippen LogP contribution < -0.4 is 5.32 Å². The van der Waals surface area contributed by atoms with E-state index in [9.17, 15) is 9.59 Å². The summed E-state index contributed by atoms with van der Waals surface area (Å²) in [6.45, 7) is 0. The lowest BCUT2D eigenvalue weighted by atomic mass is 10.2. The Hall–Kier alpha value is -3.41. The number of carbonyl (C=O) groups is 2. The van der Waals surface area contributed by atoms with Crippen molar-refractivity contribution in [1.29, 1.82) is 0 Å². The fraction of sp³-hybridized carbons (Fsp3) is 0.105. The lowest BCUT2D eigenvalue weighted by Gasteiger charge is -2.01. The highest BCUT2D eigenvalue weighted by atomic mass is 16.2. The van der Waals surface area contributed by atoms with Crippen molar-refractivity contribution in [2.75, 3.05) is 0 Å². The van der Waals surface area contributed by atoms with Crippen molar-refractivity contribution in [1.82, 2.24) is 5.32 Å². The van der Waals surface area contributed by atoms with E-state index < -0.39 is 5.91 Å².